The van der Waals surface area contributed by atoms with Crippen molar-refractivity contribution < 1.29 is 5.11 Å². The summed E-state index contributed by atoms with van der Waals surface area (Å²) >= 11 is 8.98. The van der Waals surface area contributed by atoms with Gasteiger partial charge < -0.3 is 10.4 Å². The second kappa shape index (κ2) is 6.68. The summed E-state index contributed by atoms with van der Waals surface area (Å²) in [4.78, 5) is 5.39. The molecule has 8 heteroatoms. The fraction of sp³-hybridized carbons (Fsp3) is 0.333. The molecule has 0 aliphatic rings. The van der Waals surface area contributed by atoms with Gasteiger partial charge in [-0.2, -0.15) is 11.8 Å². The van der Waals surface area contributed by atoms with E-state index in [9.17, 15) is 5.11 Å². The molecule has 0 saturated heterocycles. The summed E-state index contributed by atoms with van der Waals surface area (Å²) in [5.74, 6) is 0.670. The molecule has 0 aliphatic heterocycles. The fourth-order valence-electron chi connectivity index (χ4n) is 2.16. The number of halogens is 1. The summed E-state index contributed by atoms with van der Waals surface area (Å²) in [6, 6.07) is 7.57. The minimum atomic E-state index is -0.762. The summed E-state index contributed by atoms with van der Waals surface area (Å²) in [7, 11) is 0. The Morgan fingerprint density at radius 1 is 1.39 bits per heavy atom. The zero-order valence-electron chi connectivity index (χ0n) is 12.8. The van der Waals surface area contributed by atoms with Crippen LogP contribution >= 0.6 is 34.7 Å². The molecule has 23 heavy (non-hydrogen) atoms. The highest BCUT2D eigenvalue weighted by Gasteiger charge is 2.20. The normalized spacial score (nSPS) is 14.1. The zero-order valence-corrected chi connectivity index (χ0v) is 15.2. The average Bonchev–Trinajstić information content (AvgIpc) is 3.04. The van der Waals surface area contributed by atoms with E-state index in [1.54, 1.807) is 16.3 Å². The number of hydrogen-bond acceptors (Lipinski definition) is 6. The third-order valence-corrected chi connectivity index (χ3v) is 5.30. The number of rotatable bonds is 6. The number of nitrogens with one attached hydrogen (secondary N) is 1. The van der Waals surface area contributed by atoms with Crippen molar-refractivity contribution >= 4 is 44.8 Å². The van der Waals surface area contributed by atoms with Crippen LogP contribution < -0.4 is 5.32 Å². The van der Waals surface area contributed by atoms with Crippen molar-refractivity contribution in [1.82, 2.24) is 14.6 Å². The second-order valence-corrected chi connectivity index (χ2v) is 7.81. The van der Waals surface area contributed by atoms with Gasteiger partial charge in [-0.1, -0.05) is 35.1 Å². The van der Waals surface area contributed by atoms with Gasteiger partial charge in [0.25, 0.3) is 0 Å². The minimum absolute atomic E-state index is 0.453. The van der Waals surface area contributed by atoms with Crippen LogP contribution in [0.25, 0.3) is 16.2 Å². The van der Waals surface area contributed by atoms with Crippen LogP contribution in [0.4, 0.5) is 5.13 Å². The SMILES string of the molecule is CSCC(C)(O)CNc1nn2cc(-c3ccc(Cl)cc3)nc2s1. The predicted molar refractivity (Wildman–Crippen MR) is 98.8 cm³/mol. The molecule has 0 amide bonds. The number of fused-ring (bicyclic) bond motifs is 1. The van der Waals surface area contributed by atoms with Gasteiger partial charge in [-0.15, -0.1) is 5.10 Å². The van der Waals surface area contributed by atoms with Gasteiger partial charge in [0.1, 0.15) is 0 Å². The molecule has 2 aromatic heterocycles. The van der Waals surface area contributed by atoms with Crippen molar-refractivity contribution in [2.45, 2.75) is 12.5 Å². The fourth-order valence-corrected chi connectivity index (χ4v) is 3.79. The highest BCUT2D eigenvalue weighted by Crippen LogP contribution is 2.25. The van der Waals surface area contributed by atoms with Crippen LogP contribution in [0.5, 0.6) is 0 Å². The van der Waals surface area contributed by atoms with Crippen LogP contribution in [-0.2, 0) is 0 Å². The lowest BCUT2D eigenvalue weighted by molar-refractivity contribution is 0.0997. The van der Waals surface area contributed by atoms with Crippen molar-refractivity contribution in [3.8, 4) is 11.3 Å². The third kappa shape index (κ3) is 3.98. The number of anilines is 1. The standard InChI is InChI=1S/C15H17ClN4OS2/c1-15(21,9-22-2)8-17-13-19-20-7-12(18-14(20)23-13)10-3-5-11(16)6-4-10/h3-7,21H,8-9H2,1-2H3,(H,17,19). The van der Waals surface area contributed by atoms with E-state index in [-0.39, 0.29) is 0 Å². The van der Waals surface area contributed by atoms with E-state index >= 15 is 0 Å². The molecular formula is C15H17ClN4OS2. The number of aliphatic hydroxyl groups is 1. The first-order valence-electron chi connectivity index (χ1n) is 7.04. The summed E-state index contributed by atoms with van der Waals surface area (Å²) in [5, 5.41) is 19.3. The van der Waals surface area contributed by atoms with Crippen molar-refractivity contribution in [1.29, 1.82) is 0 Å². The first-order chi connectivity index (χ1) is 11.0. The van der Waals surface area contributed by atoms with E-state index in [0.717, 1.165) is 21.3 Å². The zero-order chi connectivity index (χ0) is 16.4. The molecular weight excluding hydrogens is 352 g/mol. The first-order valence-corrected chi connectivity index (χ1v) is 9.63. The number of aromatic nitrogens is 3. The summed E-state index contributed by atoms with van der Waals surface area (Å²) in [5.41, 5.74) is 1.10. The van der Waals surface area contributed by atoms with Crippen LogP contribution in [-0.4, -0.2) is 43.9 Å². The maximum absolute atomic E-state index is 10.2. The van der Waals surface area contributed by atoms with Crippen molar-refractivity contribution in [2.75, 3.05) is 23.9 Å². The van der Waals surface area contributed by atoms with E-state index in [1.165, 1.54) is 11.3 Å². The molecule has 1 aromatic carbocycles. The van der Waals surface area contributed by atoms with Gasteiger partial charge in [-0.3, -0.25) is 0 Å². The molecule has 0 aliphatic carbocycles. The van der Waals surface area contributed by atoms with Gasteiger partial charge in [0.2, 0.25) is 10.1 Å². The van der Waals surface area contributed by atoms with E-state index in [1.807, 2.05) is 43.6 Å². The van der Waals surface area contributed by atoms with Gasteiger partial charge in [0.05, 0.1) is 17.5 Å². The highest BCUT2D eigenvalue weighted by atomic mass is 35.5. The summed E-state index contributed by atoms with van der Waals surface area (Å²) in [6.45, 7) is 2.27. The van der Waals surface area contributed by atoms with Gasteiger partial charge in [-0.25, -0.2) is 9.50 Å². The Morgan fingerprint density at radius 3 is 2.78 bits per heavy atom. The Labute approximate surface area is 147 Å². The lowest BCUT2D eigenvalue weighted by Gasteiger charge is -2.21. The minimum Gasteiger partial charge on any atom is -0.387 e. The molecule has 0 bridgehead atoms. The Morgan fingerprint density at radius 2 is 2.13 bits per heavy atom. The Bertz CT molecular complexity index is 766. The molecule has 2 heterocycles. The van der Waals surface area contributed by atoms with Gasteiger partial charge in [0, 0.05) is 22.9 Å². The summed E-state index contributed by atoms with van der Waals surface area (Å²) in [6.07, 6.45) is 3.87. The maximum atomic E-state index is 10.2. The molecule has 122 valence electrons. The van der Waals surface area contributed by atoms with E-state index in [2.05, 4.69) is 15.4 Å². The average molecular weight is 369 g/mol. The number of imidazole rings is 1. The van der Waals surface area contributed by atoms with Crippen molar-refractivity contribution in [3.05, 3.63) is 35.5 Å². The second-order valence-electron chi connectivity index (χ2n) is 5.55. The lowest BCUT2D eigenvalue weighted by Crippen LogP contribution is -2.36. The van der Waals surface area contributed by atoms with Crippen LogP contribution in [0.2, 0.25) is 5.02 Å². The monoisotopic (exact) mass is 368 g/mol. The largest absolute Gasteiger partial charge is 0.387 e. The molecule has 5 nitrogen and oxygen atoms in total. The quantitative estimate of drug-likeness (QED) is 0.695. The number of hydrogen-bond donors (Lipinski definition) is 2. The van der Waals surface area contributed by atoms with Crippen molar-refractivity contribution in [3.63, 3.8) is 0 Å². The molecule has 2 N–H and O–H groups in total. The molecule has 3 aromatic rings. The molecule has 0 fully saturated rings. The van der Waals surface area contributed by atoms with Crippen LogP contribution in [0.1, 0.15) is 6.92 Å². The predicted octanol–water partition coefficient (Wildman–Crippen LogP) is 3.64. The smallest absolute Gasteiger partial charge is 0.214 e. The number of nitrogens with zero attached hydrogens (tertiary/aromatic N) is 3. The molecule has 0 saturated carbocycles. The maximum Gasteiger partial charge on any atom is 0.214 e. The molecule has 1 atom stereocenters. The molecule has 3 rings (SSSR count). The van der Waals surface area contributed by atoms with Crippen molar-refractivity contribution in [2.24, 2.45) is 0 Å². The molecule has 0 radical (unpaired) electrons. The highest BCUT2D eigenvalue weighted by molar-refractivity contribution is 7.98. The first kappa shape index (κ1) is 16.6. The lowest BCUT2D eigenvalue weighted by atomic mass is 10.1. The Kier molecular flexibility index (Phi) is 4.82. The van der Waals surface area contributed by atoms with Crippen LogP contribution in [0.3, 0.4) is 0 Å². The Balaban J connectivity index is 1.74. The van der Waals surface area contributed by atoms with Gasteiger partial charge in [0.15, 0.2) is 0 Å². The van der Waals surface area contributed by atoms with Gasteiger partial charge >= 0.3 is 0 Å². The molecule has 0 spiro atoms. The van der Waals surface area contributed by atoms with Gasteiger partial charge in [-0.05, 0) is 25.3 Å². The number of thioether (sulfide) groups is 1. The van der Waals surface area contributed by atoms with E-state index < -0.39 is 5.60 Å². The van der Waals surface area contributed by atoms with E-state index in [0.29, 0.717) is 17.3 Å². The Hall–Kier alpha value is -1.28. The van der Waals surface area contributed by atoms with Crippen LogP contribution in [0, 0.1) is 0 Å². The topological polar surface area (TPSA) is 62.5 Å². The van der Waals surface area contributed by atoms with Crippen LogP contribution in [0.15, 0.2) is 30.5 Å². The third-order valence-electron chi connectivity index (χ3n) is 3.26. The van der Waals surface area contributed by atoms with E-state index in [4.69, 9.17) is 11.6 Å². The molecule has 1 unspecified atom stereocenters. The summed E-state index contributed by atoms with van der Waals surface area (Å²) < 4.78 is 1.75. The number of benzene rings is 1.